The number of anilines is 2. The molecule has 0 bridgehead atoms. The van der Waals surface area contributed by atoms with E-state index in [4.69, 9.17) is 0 Å². The minimum atomic E-state index is -0.486. The SMILES string of the molecule is COC(=O)c1cc(NC(=O)c2ccc(NC(C)=O)n2C)cn1C. The van der Waals surface area contributed by atoms with E-state index in [9.17, 15) is 14.4 Å². The fourth-order valence-electron chi connectivity index (χ4n) is 2.18. The topological polar surface area (TPSA) is 94.4 Å². The number of nitrogens with one attached hydrogen (secondary N) is 2. The summed E-state index contributed by atoms with van der Waals surface area (Å²) in [7, 11) is 4.64. The van der Waals surface area contributed by atoms with E-state index in [1.807, 2.05) is 0 Å². The lowest BCUT2D eigenvalue weighted by Gasteiger charge is -2.07. The predicted octanol–water partition coefficient (Wildman–Crippen LogP) is 1.36. The summed E-state index contributed by atoms with van der Waals surface area (Å²) in [6, 6.07) is 4.77. The van der Waals surface area contributed by atoms with Crippen LogP contribution in [0.2, 0.25) is 0 Å². The molecule has 2 heterocycles. The van der Waals surface area contributed by atoms with Crippen LogP contribution in [0.3, 0.4) is 0 Å². The maximum absolute atomic E-state index is 12.3. The Kier molecular flexibility index (Phi) is 4.54. The molecule has 0 fully saturated rings. The summed E-state index contributed by atoms with van der Waals surface area (Å²) >= 11 is 0. The highest BCUT2D eigenvalue weighted by Crippen LogP contribution is 2.17. The summed E-state index contributed by atoms with van der Waals surface area (Å²) in [5.74, 6) is -0.541. The molecule has 0 aliphatic carbocycles. The summed E-state index contributed by atoms with van der Waals surface area (Å²) in [4.78, 5) is 35.0. The van der Waals surface area contributed by atoms with Crippen LogP contribution in [-0.2, 0) is 23.6 Å². The van der Waals surface area contributed by atoms with Crippen molar-refractivity contribution in [1.29, 1.82) is 0 Å². The number of esters is 1. The molecule has 0 spiro atoms. The summed E-state index contributed by atoms with van der Waals surface area (Å²) in [5, 5.41) is 5.33. The molecule has 0 radical (unpaired) electrons. The van der Waals surface area contributed by atoms with Gasteiger partial charge in [-0.15, -0.1) is 0 Å². The molecule has 0 atom stereocenters. The van der Waals surface area contributed by atoms with Crippen LogP contribution in [0.5, 0.6) is 0 Å². The molecule has 2 amide bonds. The number of hydrogen-bond donors (Lipinski definition) is 2. The number of nitrogens with zero attached hydrogens (tertiary/aromatic N) is 2. The Labute approximate surface area is 133 Å². The molecule has 0 saturated carbocycles. The molecule has 8 heteroatoms. The summed E-state index contributed by atoms with van der Waals surface area (Å²) in [6.45, 7) is 1.39. The van der Waals surface area contributed by atoms with Crippen LogP contribution in [-0.4, -0.2) is 34.0 Å². The average Bonchev–Trinajstić information content (AvgIpc) is 3.01. The van der Waals surface area contributed by atoms with Crippen LogP contribution in [0.15, 0.2) is 24.4 Å². The number of aromatic nitrogens is 2. The molecular formula is C15H18N4O4. The molecule has 122 valence electrons. The van der Waals surface area contributed by atoms with E-state index < -0.39 is 5.97 Å². The van der Waals surface area contributed by atoms with Crippen molar-refractivity contribution in [3.8, 4) is 0 Å². The van der Waals surface area contributed by atoms with Gasteiger partial charge in [0.05, 0.1) is 12.8 Å². The van der Waals surface area contributed by atoms with Crippen LogP contribution in [0.25, 0.3) is 0 Å². The van der Waals surface area contributed by atoms with Gasteiger partial charge in [-0.2, -0.15) is 0 Å². The second-order valence-electron chi connectivity index (χ2n) is 5.01. The number of rotatable bonds is 4. The first-order valence-electron chi connectivity index (χ1n) is 6.82. The molecule has 23 heavy (non-hydrogen) atoms. The number of aryl methyl sites for hydroxylation is 1. The van der Waals surface area contributed by atoms with E-state index in [0.717, 1.165) is 0 Å². The first kappa shape index (κ1) is 16.3. The zero-order valence-electron chi connectivity index (χ0n) is 13.3. The summed E-state index contributed by atoms with van der Waals surface area (Å²) in [6.07, 6.45) is 1.61. The molecule has 0 aromatic carbocycles. The lowest BCUT2D eigenvalue weighted by Crippen LogP contribution is -2.17. The van der Waals surface area contributed by atoms with Gasteiger partial charge < -0.3 is 24.5 Å². The number of methoxy groups -OCH3 is 1. The Hall–Kier alpha value is -3.03. The fraction of sp³-hybridized carbons (Fsp3) is 0.267. The first-order valence-corrected chi connectivity index (χ1v) is 6.82. The number of ether oxygens (including phenoxy) is 1. The largest absolute Gasteiger partial charge is 0.464 e. The maximum atomic E-state index is 12.3. The third-order valence-electron chi connectivity index (χ3n) is 3.32. The van der Waals surface area contributed by atoms with Crippen LogP contribution in [0.1, 0.15) is 27.9 Å². The highest BCUT2D eigenvalue weighted by Gasteiger charge is 2.16. The smallest absolute Gasteiger partial charge is 0.354 e. The van der Waals surface area contributed by atoms with Crippen LogP contribution >= 0.6 is 0 Å². The molecule has 2 rings (SSSR count). The molecule has 0 unspecified atom stereocenters. The minimum Gasteiger partial charge on any atom is -0.464 e. The molecule has 8 nitrogen and oxygen atoms in total. The van der Waals surface area contributed by atoms with Gasteiger partial charge in [0.1, 0.15) is 17.2 Å². The Morgan fingerprint density at radius 1 is 1.09 bits per heavy atom. The van der Waals surface area contributed by atoms with E-state index in [1.165, 1.54) is 20.1 Å². The van der Waals surface area contributed by atoms with Gasteiger partial charge in [0.15, 0.2) is 0 Å². The highest BCUT2D eigenvalue weighted by molar-refractivity contribution is 6.04. The van der Waals surface area contributed by atoms with Crippen molar-refractivity contribution in [2.75, 3.05) is 17.7 Å². The Balaban J connectivity index is 2.18. The number of hydrogen-bond acceptors (Lipinski definition) is 4. The van der Waals surface area contributed by atoms with Gasteiger partial charge in [-0.25, -0.2) is 4.79 Å². The van der Waals surface area contributed by atoms with Gasteiger partial charge in [0.2, 0.25) is 5.91 Å². The molecule has 0 aliphatic heterocycles. The fourth-order valence-corrected chi connectivity index (χ4v) is 2.18. The molecule has 0 aliphatic rings. The molecular weight excluding hydrogens is 300 g/mol. The first-order chi connectivity index (χ1) is 10.8. The van der Waals surface area contributed by atoms with Gasteiger partial charge in [0.25, 0.3) is 5.91 Å². The zero-order valence-corrected chi connectivity index (χ0v) is 13.3. The van der Waals surface area contributed by atoms with Crippen molar-refractivity contribution in [1.82, 2.24) is 9.13 Å². The summed E-state index contributed by atoms with van der Waals surface area (Å²) < 4.78 is 7.80. The minimum absolute atomic E-state index is 0.219. The standard InChI is InChI=1S/C15H18N4O4/c1-9(20)16-13-6-5-11(19(13)3)14(21)17-10-7-12(15(22)23-4)18(2)8-10/h5-8H,1-4H3,(H,16,20)(H,17,21). The maximum Gasteiger partial charge on any atom is 0.354 e. The second kappa shape index (κ2) is 6.39. The van der Waals surface area contributed by atoms with Crippen molar-refractivity contribution < 1.29 is 19.1 Å². The monoisotopic (exact) mass is 318 g/mol. The normalized spacial score (nSPS) is 10.3. The number of carbonyl (C=O) groups excluding carboxylic acids is 3. The van der Waals surface area contributed by atoms with E-state index in [0.29, 0.717) is 22.9 Å². The van der Waals surface area contributed by atoms with E-state index in [1.54, 1.807) is 41.6 Å². The zero-order chi connectivity index (χ0) is 17.1. The number of carbonyl (C=O) groups is 3. The third kappa shape index (κ3) is 3.42. The molecule has 2 aromatic rings. The van der Waals surface area contributed by atoms with Crippen LogP contribution in [0, 0.1) is 0 Å². The van der Waals surface area contributed by atoms with Crippen molar-refractivity contribution in [3.63, 3.8) is 0 Å². The highest BCUT2D eigenvalue weighted by atomic mass is 16.5. The quantitative estimate of drug-likeness (QED) is 0.832. The second-order valence-corrected chi connectivity index (χ2v) is 5.01. The van der Waals surface area contributed by atoms with Crippen molar-refractivity contribution >= 4 is 29.3 Å². The Morgan fingerprint density at radius 2 is 1.78 bits per heavy atom. The van der Waals surface area contributed by atoms with Crippen LogP contribution < -0.4 is 10.6 Å². The lowest BCUT2D eigenvalue weighted by atomic mass is 10.3. The van der Waals surface area contributed by atoms with Gasteiger partial charge in [-0.05, 0) is 18.2 Å². The van der Waals surface area contributed by atoms with Crippen molar-refractivity contribution in [3.05, 3.63) is 35.8 Å². The van der Waals surface area contributed by atoms with Gasteiger partial charge in [0, 0.05) is 27.2 Å². The number of amides is 2. The van der Waals surface area contributed by atoms with Gasteiger partial charge in [-0.1, -0.05) is 0 Å². The van der Waals surface area contributed by atoms with Crippen LogP contribution in [0.4, 0.5) is 11.5 Å². The van der Waals surface area contributed by atoms with E-state index in [-0.39, 0.29) is 11.8 Å². The van der Waals surface area contributed by atoms with E-state index >= 15 is 0 Å². The molecule has 2 aromatic heterocycles. The lowest BCUT2D eigenvalue weighted by molar-refractivity contribution is -0.114. The van der Waals surface area contributed by atoms with Crippen molar-refractivity contribution in [2.24, 2.45) is 14.1 Å². The van der Waals surface area contributed by atoms with Gasteiger partial charge >= 0.3 is 5.97 Å². The predicted molar refractivity (Wildman–Crippen MR) is 84.4 cm³/mol. The van der Waals surface area contributed by atoms with Crippen molar-refractivity contribution in [2.45, 2.75) is 6.92 Å². The molecule has 2 N–H and O–H groups in total. The Morgan fingerprint density at radius 3 is 2.39 bits per heavy atom. The average molecular weight is 318 g/mol. The van der Waals surface area contributed by atoms with Gasteiger partial charge in [-0.3, -0.25) is 9.59 Å². The molecule has 0 saturated heterocycles. The summed E-state index contributed by atoms with van der Waals surface area (Å²) in [5.41, 5.74) is 1.17. The Bertz CT molecular complexity index is 773. The van der Waals surface area contributed by atoms with E-state index in [2.05, 4.69) is 15.4 Å². The third-order valence-corrected chi connectivity index (χ3v) is 3.32.